The van der Waals surface area contributed by atoms with E-state index in [4.69, 9.17) is 19.9 Å². The number of ether oxygens (including phenoxy) is 3. The lowest BCUT2D eigenvalue weighted by Gasteiger charge is -2.36. The maximum absolute atomic E-state index is 12.7. The molecule has 0 saturated carbocycles. The molecule has 10 heteroatoms. The van der Waals surface area contributed by atoms with E-state index in [1.807, 2.05) is 84.9 Å². The molecule has 1 aliphatic heterocycles. The number of benzene rings is 5. The molecule has 5 N–H and O–H groups in total. The number of rotatable bonds is 15. The third-order valence-electron chi connectivity index (χ3n) is 9.14. The molecule has 0 radical (unpaired) electrons. The summed E-state index contributed by atoms with van der Waals surface area (Å²) >= 11 is 1.70. The van der Waals surface area contributed by atoms with Gasteiger partial charge in [0.05, 0.1) is 37.3 Å². The lowest BCUT2D eigenvalue weighted by molar-refractivity contribution is -0.245. The molecular formula is C43H45N3O6S. The molecule has 0 spiro atoms. The van der Waals surface area contributed by atoms with E-state index < -0.39 is 6.29 Å². The van der Waals surface area contributed by atoms with Crippen LogP contribution in [0.25, 0.3) is 11.1 Å². The first kappa shape index (κ1) is 37.6. The number of para-hydroxylation sites is 3. The zero-order chi connectivity index (χ0) is 37.0. The van der Waals surface area contributed by atoms with Crippen LogP contribution in [0.2, 0.25) is 0 Å². The Morgan fingerprint density at radius 2 is 1.53 bits per heavy atom. The first-order valence-electron chi connectivity index (χ1n) is 17.8. The largest absolute Gasteiger partial charge is 0.496 e. The van der Waals surface area contributed by atoms with Gasteiger partial charge in [-0.15, -0.1) is 11.8 Å². The zero-order valence-corrected chi connectivity index (χ0v) is 30.5. The maximum atomic E-state index is 12.7. The molecule has 1 heterocycles. The number of nitrogens with one attached hydrogen (secondary N) is 2. The monoisotopic (exact) mass is 731 g/mol. The second-order valence-corrected chi connectivity index (χ2v) is 13.9. The third kappa shape index (κ3) is 10.3. The summed E-state index contributed by atoms with van der Waals surface area (Å²) in [6.45, 7) is 0.352. The summed E-state index contributed by atoms with van der Waals surface area (Å²) in [5.74, 6) is 1.26. The molecule has 6 rings (SSSR count). The highest BCUT2D eigenvalue weighted by Crippen LogP contribution is 2.41. The number of carbonyl (C=O) groups is 2. The van der Waals surface area contributed by atoms with Crippen LogP contribution in [0.3, 0.4) is 0 Å². The quantitative estimate of drug-likeness (QED) is 0.0626. The van der Waals surface area contributed by atoms with Crippen molar-refractivity contribution < 1.29 is 28.9 Å². The summed E-state index contributed by atoms with van der Waals surface area (Å²) in [6, 6.07) is 39.1. The fraction of sp³-hybridized carbons (Fsp3) is 0.256. The van der Waals surface area contributed by atoms with Crippen LogP contribution in [0, 0.1) is 0 Å². The Kier molecular flexibility index (Phi) is 13.2. The number of hydrogen-bond donors (Lipinski definition) is 4. The van der Waals surface area contributed by atoms with Crippen molar-refractivity contribution in [3.8, 4) is 16.9 Å². The molecule has 1 fully saturated rings. The Bertz CT molecular complexity index is 1970. The SMILES string of the molecule is COc1ccccc1SC[C@H]1C[C@@H](c2ccc(CO)cc2)O[C@@H](c2ccc(-c3ccccc3CNC(=O)CCCC(=O)Nc3ccccc3N)cc2)O1. The van der Waals surface area contributed by atoms with E-state index in [-0.39, 0.29) is 43.5 Å². The van der Waals surface area contributed by atoms with Gasteiger partial charge in [0.15, 0.2) is 6.29 Å². The predicted octanol–water partition coefficient (Wildman–Crippen LogP) is 8.20. The fourth-order valence-corrected chi connectivity index (χ4v) is 7.28. The van der Waals surface area contributed by atoms with Gasteiger partial charge in [0.2, 0.25) is 11.8 Å². The van der Waals surface area contributed by atoms with Crippen molar-refractivity contribution in [1.29, 1.82) is 0 Å². The van der Waals surface area contributed by atoms with Crippen LogP contribution in [0.1, 0.15) is 60.3 Å². The minimum Gasteiger partial charge on any atom is -0.496 e. The average Bonchev–Trinajstić information content (AvgIpc) is 3.20. The Morgan fingerprint density at radius 3 is 2.30 bits per heavy atom. The molecule has 2 amide bonds. The molecule has 1 aliphatic rings. The summed E-state index contributed by atoms with van der Waals surface area (Å²) in [7, 11) is 1.68. The number of aliphatic hydroxyl groups excluding tert-OH is 1. The van der Waals surface area contributed by atoms with Gasteiger partial charge in [-0.3, -0.25) is 9.59 Å². The van der Waals surface area contributed by atoms with Gasteiger partial charge in [-0.1, -0.05) is 97.1 Å². The number of methoxy groups -OCH3 is 1. The van der Waals surface area contributed by atoms with Gasteiger partial charge in [-0.25, -0.2) is 0 Å². The van der Waals surface area contributed by atoms with Crippen molar-refractivity contribution in [3.63, 3.8) is 0 Å². The molecule has 5 aromatic carbocycles. The molecule has 53 heavy (non-hydrogen) atoms. The second-order valence-electron chi connectivity index (χ2n) is 12.9. The van der Waals surface area contributed by atoms with Crippen molar-refractivity contribution in [2.24, 2.45) is 0 Å². The van der Waals surface area contributed by atoms with Crippen LogP contribution in [0.5, 0.6) is 5.75 Å². The molecule has 9 nitrogen and oxygen atoms in total. The highest BCUT2D eigenvalue weighted by atomic mass is 32.2. The minimum absolute atomic E-state index is 0.0102. The van der Waals surface area contributed by atoms with Gasteiger partial charge in [0.1, 0.15) is 5.75 Å². The highest BCUT2D eigenvalue weighted by Gasteiger charge is 2.32. The van der Waals surface area contributed by atoms with Crippen LogP contribution in [0.15, 0.2) is 126 Å². The lowest BCUT2D eigenvalue weighted by Crippen LogP contribution is -2.31. The Balaban J connectivity index is 1.08. The number of amides is 2. The predicted molar refractivity (Wildman–Crippen MR) is 209 cm³/mol. The van der Waals surface area contributed by atoms with E-state index >= 15 is 0 Å². The van der Waals surface area contributed by atoms with Crippen LogP contribution in [0.4, 0.5) is 11.4 Å². The summed E-state index contributed by atoms with van der Waals surface area (Å²) in [5, 5.41) is 15.4. The lowest BCUT2D eigenvalue weighted by atomic mass is 9.97. The van der Waals surface area contributed by atoms with Crippen LogP contribution in [-0.4, -0.2) is 35.9 Å². The molecule has 0 unspecified atom stereocenters. The van der Waals surface area contributed by atoms with E-state index in [0.717, 1.165) is 49.8 Å². The van der Waals surface area contributed by atoms with Gasteiger partial charge in [-0.2, -0.15) is 0 Å². The Morgan fingerprint density at radius 1 is 0.830 bits per heavy atom. The molecule has 0 aromatic heterocycles. The second kappa shape index (κ2) is 18.6. The number of aliphatic hydroxyl groups is 1. The van der Waals surface area contributed by atoms with E-state index in [1.54, 1.807) is 37.1 Å². The molecule has 3 atom stereocenters. The number of nitrogen functional groups attached to an aromatic ring is 1. The minimum atomic E-state index is -0.578. The van der Waals surface area contributed by atoms with Gasteiger partial charge in [-0.05, 0) is 58.5 Å². The van der Waals surface area contributed by atoms with Crippen molar-refractivity contribution in [1.82, 2.24) is 5.32 Å². The van der Waals surface area contributed by atoms with Crippen molar-refractivity contribution in [2.75, 3.05) is 23.9 Å². The zero-order valence-electron chi connectivity index (χ0n) is 29.7. The van der Waals surface area contributed by atoms with E-state index in [0.29, 0.717) is 30.8 Å². The van der Waals surface area contributed by atoms with Crippen molar-refractivity contribution >= 4 is 35.0 Å². The Labute approximate surface area is 314 Å². The van der Waals surface area contributed by atoms with E-state index in [2.05, 4.69) is 28.8 Å². The average molecular weight is 732 g/mol. The maximum Gasteiger partial charge on any atom is 0.224 e. The summed E-state index contributed by atoms with van der Waals surface area (Å²) in [6.07, 6.45) is 0.707. The number of thioether (sulfide) groups is 1. The first-order valence-corrected chi connectivity index (χ1v) is 18.7. The first-order chi connectivity index (χ1) is 25.9. The molecular weight excluding hydrogens is 687 g/mol. The fourth-order valence-electron chi connectivity index (χ4n) is 6.23. The summed E-state index contributed by atoms with van der Waals surface area (Å²) in [5.41, 5.74) is 12.8. The number of carbonyl (C=O) groups excluding carboxylic acids is 2. The van der Waals surface area contributed by atoms with Crippen LogP contribution < -0.4 is 21.1 Å². The Hall–Kier alpha value is -5.13. The van der Waals surface area contributed by atoms with Crippen molar-refractivity contribution in [2.45, 2.75) is 62.2 Å². The summed E-state index contributed by atoms with van der Waals surface area (Å²) < 4.78 is 18.7. The molecule has 274 valence electrons. The third-order valence-corrected chi connectivity index (χ3v) is 10.3. The molecule has 1 saturated heterocycles. The van der Waals surface area contributed by atoms with Gasteiger partial charge >= 0.3 is 0 Å². The summed E-state index contributed by atoms with van der Waals surface area (Å²) in [4.78, 5) is 26.1. The topological polar surface area (TPSA) is 132 Å². The highest BCUT2D eigenvalue weighted by molar-refractivity contribution is 7.99. The van der Waals surface area contributed by atoms with Crippen LogP contribution in [-0.2, 0) is 32.2 Å². The van der Waals surface area contributed by atoms with Gasteiger partial charge < -0.3 is 35.7 Å². The smallest absolute Gasteiger partial charge is 0.224 e. The molecule has 0 bridgehead atoms. The number of hydrogen-bond acceptors (Lipinski definition) is 8. The normalized spacial score (nSPS) is 16.8. The van der Waals surface area contributed by atoms with Crippen molar-refractivity contribution in [3.05, 3.63) is 144 Å². The molecule has 5 aromatic rings. The number of nitrogens with two attached hydrogens (primary N) is 1. The van der Waals surface area contributed by atoms with Gasteiger partial charge in [0, 0.05) is 42.0 Å². The van der Waals surface area contributed by atoms with E-state index in [1.165, 1.54) is 0 Å². The van der Waals surface area contributed by atoms with Gasteiger partial charge in [0.25, 0.3) is 0 Å². The van der Waals surface area contributed by atoms with E-state index in [9.17, 15) is 14.7 Å². The standard InChI is InChI=1S/C43H45N3O6S/c1-50-38-13-6-7-14-40(38)53-28-34-25-39(31-19-17-29(27-47)18-20-31)52-43(51-34)32-23-21-30(22-24-32)35-10-3-2-9-33(35)26-45-41(48)15-8-16-42(49)46-37-12-5-4-11-36(37)44/h2-7,9-14,17-24,34,39,43,47H,8,15-16,25-28,44H2,1H3,(H,45,48)(H,46,49)/t34-,39+,43+/m1/s1. The molecule has 0 aliphatic carbocycles. The number of anilines is 2. The van der Waals surface area contributed by atoms with Crippen LogP contribution >= 0.6 is 11.8 Å².